The molecule has 2 spiro atoms. The number of pyridine rings is 1. The Morgan fingerprint density at radius 2 is 1.06 bits per heavy atom. The van der Waals surface area contributed by atoms with Gasteiger partial charge in [-0.1, -0.05) is 0 Å². The third-order valence-corrected chi connectivity index (χ3v) is 115. The Morgan fingerprint density at radius 1 is 0.647 bits per heavy atom. The zero-order chi connectivity index (χ0) is 20.6. The molecule has 174 valence electrons. The molecule has 0 saturated carbocycles. The molecule has 0 radical (unpaired) electrons. The maximum atomic E-state index is 6.00. The van der Waals surface area contributed by atoms with Crippen LogP contribution >= 0.6 is 0 Å². The Balaban J connectivity index is 0.859. The van der Waals surface area contributed by atoms with Gasteiger partial charge in [0.15, 0.2) is 0 Å². The van der Waals surface area contributed by atoms with Crippen LogP contribution in [0, 0.1) is 0 Å². The number of aromatic nitrogens is 1. The van der Waals surface area contributed by atoms with Gasteiger partial charge >= 0.3 is 178 Å². The fraction of sp³-hybridized carbons (Fsp3) is 0.759. The molecule has 1 aromatic heterocycles. The summed E-state index contributed by atoms with van der Waals surface area (Å²) in [6, 6.07) is 4.57. The van der Waals surface area contributed by atoms with E-state index in [1.807, 2.05) is 0 Å². The summed E-state index contributed by atoms with van der Waals surface area (Å²) in [5.74, 6) is 0. The summed E-state index contributed by atoms with van der Waals surface area (Å²) >= 11 is 0. The van der Waals surface area contributed by atoms with E-state index in [2.05, 4.69) is 32.2 Å². The minimum atomic E-state index is -3.17. The van der Waals surface area contributed by atoms with Crippen molar-refractivity contribution in [2.24, 2.45) is 9.98 Å². The van der Waals surface area contributed by atoms with E-state index < -0.39 is 13.0 Å². The first-order chi connectivity index (χ1) is 16.1. The van der Waals surface area contributed by atoms with Crippen molar-refractivity contribution in [3.05, 3.63) is 29.6 Å². The van der Waals surface area contributed by atoms with E-state index in [1.54, 1.807) is 0 Å². The van der Waals surface area contributed by atoms with Crippen LogP contribution in [0.3, 0.4) is 0 Å². The van der Waals surface area contributed by atoms with Gasteiger partial charge < -0.3 is 0 Å². The van der Waals surface area contributed by atoms with Crippen LogP contribution in [-0.4, -0.2) is 25.3 Å². The average Bonchev–Trinajstić information content (AvgIpc) is 3.72. The quantitative estimate of drug-likeness (QED) is 0.298. The number of fused-ring (bicyclic) bond motifs is 20. The predicted octanol–water partition coefficient (Wildman–Crippen LogP) is 7.29. The van der Waals surface area contributed by atoms with E-state index >= 15 is 0 Å². The zero-order valence-corrected chi connectivity index (χ0v) is 21.4. The molecule has 20 fully saturated rings. The average molecular weight is 529 g/mol. The molecule has 0 aliphatic carbocycles. The van der Waals surface area contributed by atoms with E-state index in [0.29, 0.717) is 8.87 Å². The molecule has 0 aromatic carbocycles. The van der Waals surface area contributed by atoms with Gasteiger partial charge in [-0.05, 0) is 0 Å². The van der Waals surface area contributed by atoms with Gasteiger partial charge in [0.2, 0.25) is 0 Å². The fourth-order valence-corrected chi connectivity index (χ4v) is 180. The molecule has 5 heteroatoms. The van der Waals surface area contributed by atoms with Crippen LogP contribution < -0.4 is 0 Å². The molecule has 20 aliphatic rings. The van der Waals surface area contributed by atoms with Crippen molar-refractivity contribution in [1.29, 1.82) is 0 Å². The first-order valence-corrected chi connectivity index (χ1v) is 27.2. The van der Waals surface area contributed by atoms with Gasteiger partial charge in [-0.15, -0.1) is 0 Å². The summed E-state index contributed by atoms with van der Waals surface area (Å²) in [5, 5.41) is 0. The van der Waals surface area contributed by atoms with Crippen molar-refractivity contribution >= 4 is 11.4 Å². The Bertz CT molecular complexity index is 2280. The maximum absolute atomic E-state index is 6.00. The Labute approximate surface area is 177 Å². The van der Waals surface area contributed by atoms with Gasteiger partial charge in [0.1, 0.15) is 0 Å². The first kappa shape index (κ1) is 12.4. The molecule has 0 bridgehead atoms. The van der Waals surface area contributed by atoms with Gasteiger partial charge in [0.25, 0.3) is 0 Å². The van der Waals surface area contributed by atoms with E-state index in [9.17, 15) is 0 Å². The summed E-state index contributed by atoms with van der Waals surface area (Å²) in [6.45, 7) is -1.56. The molecular formula is C29H27Fe2N3. The van der Waals surface area contributed by atoms with E-state index in [0.717, 1.165) is 0 Å². The van der Waals surface area contributed by atoms with Crippen molar-refractivity contribution in [3.63, 3.8) is 0 Å². The number of hydrogen-bond acceptors (Lipinski definition) is 3. The van der Waals surface area contributed by atoms with Gasteiger partial charge in [0.05, 0.1) is 0 Å². The molecule has 3 nitrogen and oxygen atoms in total. The number of nitrogens with zero attached hydrogens (tertiary/aromatic N) is 3. The van der Waals surface area contributed by atoms with Crippen LogP contribution in [0.2, 0.25) is 86.7 Å². The second-order valence-corrected chi connectivity index (χ2v) is 69.1. The summed E-state index contributed by atoms with van der Waals surface area (Å²) < 4.78 is 1.26. The summed E-state index contributed by atoms with van der Waals surface area (Å²) in [6.07, 6.45) is 2.05. The van der Waals surface area contributed by atoms with Gasteiger partial charge in [-0.25, -0.2) is 0 Å². The molecule has 8 atom stereocenters. The zero-order valence-electron chi connectivity index (χ0n) is 19.2. The van der Waals surface area contributed by atoms with Crippen molar-refractivity contribution in [3.8, 4) is 0 Å². The van der Waals surface area contributed by atoms with Crippen LogP contribution in [0.5, 0.6) is 0 Å². The summed E-state index contributed by atoms with van der Waals surface area (Å²) in [7, 11) is 0. The normalized spacial score (nSPS) is 121. The minimum absolute atomic E-state index is 0.622. The Kier molecular flexibility index (Phi) is 0.391. The summed E-state index contributed by atoms with van der Waals surface area (Å²) in [5.41, 5.74) is 5.34. The Morgan fingerprint density at radius 3 is 1.41 bits per heavy atom. The van der Waals surface area contributed by atoms with Crippen LogP contribution in [0.1, 0.15) is 25.1 Å². The Hall–Kier alpha value is -0.471. The van der Waals surface area contributed by atoms with Crippen molar-refractivity contribution in [2.75, 3.05) is 0 Å². The molecule has 34 heavy (non-hydrogen) atoms. The van der Waals surface area contributed by atoms with E-state index in [-0.39, 0.29) is 0 Å². The van der Waals surface area contributed by atoms with Crippen molar-refractivity contribution in [2.45, 2.75) is 109 Å². The SMILES string of the molecule is CC(=N[C]12[CH]3[CH]4[CH]5[CH]1[Fe]45321678[CH]2[CH]1[CH]6[CH]7[CH]28)c1cccnc1C(C)=N[C]12[CH]3[CH]4[CH]5[CH]1[Fe]45321678[CH]2[CH]1[CH]6[CH]7[CH]28. The third-order valence-electron chi connectivity index (χ3n) is 31.4. The van der Waals surface area contributed by atoms with E-state index in [4.69, 9.17) is 15.0 Å². The first-order valence-electron chi connectivity index (χ1n) is 14.6. The topological polar surface area (TPSA) is 37.6 Å². The molecule has 8 unspecified atom stereocenters. The van der Waals surface area contributed by atoms with Crippen LogP contribution in [-0.2, 0) is 13.0 Å². The van der Waals surface area contributed by atoms with Crippen molar-refractivity contribution < 1.29 is 13.0 Å². The molecule has 21 heterocycles. The monoisotopic (exact) mass is 529 g/mol. The van der Waals surface area contributed by atoms with Crippen LogP contribution in [0.15, 0.2) is 28.3 Å². The van der Waals surface area contributed by atoms with Crippen LogP contribution in [0.25, 0.3) is 0 Å². The molecule has 0 N–H and O–H groups in total. The van der Waals surface area contributed by atoms with Gasteiger partial charge in [0, 0.05) is 0 Å². The molecule has 20 saturated heterocycles. The van der Waals surface area contributed by atoms with Crippen molar-refractivity contribution in [1.82, 2.24) is 4.98 Å². The molecule has 21 rings (SSSR count). The standard InChI is InChI=1S/C19H17N3.2C5H5.2Fe/c1-14(21-16-8-3-4-9-16)18-12-7-13-20-19(18)15(2)22-17-10-5-6-11-17;2*1-2-4-5-3-1;;/h3-13H,1-2H3;2*1-5H;;. The third kappa shape index (κ3) is 0.142. The second-order valence-electron chi connectivity index (χ2n) is 22.1. The van der Waals surface area contributed by atoms with Crippen LogP contribution in [0.4, 0.5) is 0 Å². The second kappa shape index (κ2) is 1.07. The number of rotatable bonds is 4. The molecule has 1 aromatic rings. The molecular weight excluding hydrogens is 502 g/mol. The predicted molar refractivity (Wildman–Crippen MR) is 122 cm³/mol. The van der Waals surface area contributed by atoms with Gasteiger partial charge in [-0.3, -0.25) is 0 Å². The van der Waals surface area contributed by atoms with Gasteiger partial charge in [-0.2, -0.15) is 0 Å². The molecule has 20 aliphatic heterocycles. The van der Waals surface area contributed by atoms with E-state index in [1.165, 1.54) is 109 Å². The number of aliphatic imine (C=N–C) groups is 2. The number of hydrogen-bond donors (Lipinski definition) is 0. The molecule has 0 amide bonds. The summed E-state index contributed by atoms with van der Waals surface area (Å²) in [4.78, 5) is 41.1. The fourth-order valence-electron chi connectivity index (χ4n) is 34.3.